The number of carbonyl (C=O) groups is 1. The molecule has 0 aromatic carbocycles. The first-order valence-corrected chi connectivity index (χ1v) is 7.36. The number of rotatable bonds is 6. The predicted molar refractivity (Wildman–Crippen MR) is 73.4 cm³/mol. The zero-order valence-corrected chi connectivity index (χ0v) is 11.7. The SMILES string of the molecule is CC(C)CCCNc1nc2c(s1)CCC2C(=O)O. The molecule has 100 valence electrons. The minimum absolute atomic E-state index is 0.387. The van der Waals surface area contributed by atoms with E-state index < -0.39 is 5.97 Å². The summed E-state index contributed by atoms with van der Waals surface area (Å²) >= 11 is 1.62. The van der Waals surface area contributed by atoms with Crippen molar-refractivity contribution in [1.82, 2.24) is 4.98 Å². The number of carboxylic acid groups (broad SMARTS) is 1. The summed E-state index contributed by atoms with van der Waals surface area (Å²) in [7, 11) is 0. The Hall–Kier alpha value is -1.10. The number of fused-ring (bicyclic) bond motifs is 1. The molecule has 1 aromatic rings. The fourth-order valence-corrected chi connectivity index (χ4v) is 3.31. The van der Waals surface area contributed by atoms with Crippen molar-refractivity contribution in [1.29, 1.82) is 0 Å². The molecule has 1 aromatic heterocycles. The van der Waals surface area contributed by atoms with Gasteiger partial charge in [0.25, 0.3) is 0 Å². The number of thiazole rings is 1. The second kappa shape index (κ2) is 5.69. The van der Waals surface area contributed by atoms with Gasteiger partial charge >= 0.3 is 5.97 Å². The number of nitrogens with one attached hydrogen (secondary N) is 1. The summed E-state index contributed by atoms with van der Waals surface area (Å²) < 4.78 is 0. The van der Waals surface area contributed by atoms with E-state index in [0.717, 1.165) is 41.0 Å². The number of hydrogen-bond acceptors (Lipinski definition) is 4. The zero-order valence-electron chi connectivity index (χ0n) is 10.9. The van der Waals surface area contributed by atoms with Crippen LogP contribution in [-0.4, -0.2) is 22.6 Å². The van der Waals surface area contributed by atoms with E-state index in [1.54, 1.807) is 11.3 Å². The molecule has 0 saturated heterocycles. The highest BCUT2D eigenvalue weighted by Crippen LogP contribution is 2.38. The highest BCUT2D eigenvalue weighted by molar-refractivity contribution is 7.15. The maximum Gasteiger partial charge on any atom is 0.312 e. The predicted octanol–water partition coefficient (Wildman–Crippen LogP) is 3.11. The molecule has 0 aliphatic heterocycles. The van der Waals surface area contributed by atoms with Crippen LogP contribution in [-0.2, 0) is 11.2 Å². The first kappa shape index (κ1) is 13.3. The van der Waals surface area contributed by atoms with Crippen LogP contribution in [0.15, 0.2) is 0 Å². The molecule has 2 N–H and O–H groups in total. The summed E-state index contributed by atoms with van der Waals surface area (Å²) in [6.07, 6.45) is 3.90. The van der Waals surface area contributed by atoms with Crippen LogP contribution in [0.25, 0.3) is 0 Å². The average Bonchev–Trinajstić information content (AvgIpc) is 2.82. The van der Waals surface area contributed by atoms with E-state index in [4.69, 9.17) is 5.11 Å². The first-order chi connectivity index (χ1) is 8.58. The first-order valence-electron chi connectivity index (χ1n) is 6.54. The van der Waals surface area contributed by atoms with Gasteiger partial charge in [-0.2, -0.15) is 0 Å². The molecule has 1 unspecified atom stereocenters. The summed E-state index contributed by atoms with van der Waals surface area (Å²) in [6, 6.07) is 0. The van der Waals surface area contributed by atoms with Crippen molar-refractivity contribution < 1.29 is 9.90 Å². The average molecular weight is 268 g/mol. The van der Waals surface area contributed by atoms with Crippen molar-refractivity contribution in [2.24, 2.45) is 5.92 Å². The molecule has 4 nitrogen and oxygen atoms in total. The fraction of sp³-hybridized carbons (Fsp3) is 0.692. The van der Waals surface area contributed by atoms with E-state index in [-0.39, 0.29) is 5.92 Å². The lowest BCUT2D eigenvalue weighted by Gasteiger charge is -2.05. The standard InChI is InChI=1S/C13H20N2O2S/c1-8(2)4-3-7-14-13-15-11-9(12(16)17)5-6-10(11)18-13/h8-9H,3-7H2,1-2H3,(H,14,15)(H,16,17). The van der Waals surface area contributed by atoms with Crippen LogP contribution < -0.4 is 5.32 Å². The molecule has 0 fully saturated rings. The third-order valence-corrected chi connectivity index (χ3v) is 4.34. The summed E-state index contributed by atoms with van der Waals surface area (Å²) in [5.41, 5.74) is 0.791. The molecule has 0 radical (unpaired) electrons. The molecule has 0 amide bonds. The normalized spacial score (nSPS) is 18.1. The van der Waals surface area contributed by atoms with Crippen LogP contribution in [0.1, 0.15) is 49.6 Å². The molecule has 2 rings (SSSR count). The van der Waals surface area contributed by atoms with Crippen LogP contribution in [0.3, 0.4) is 0 Å². The Labute approximate surface area is 111 Å². The molecule has 5 heteroatoms. The minimum Gasteiger partial charge on any atom is -0.481 e. The van der Waals surface area contributed by atoms with E-state index >= 15 is 0 Å². The molecule has 18 heavy (non-hydrogen) atoms. The van der Waals surface area contributed by atoms with Gasteiger partial charge in [-0.05, 0) is 31.6 Å². The van der Waals surface area contributed by atoms with Crippen LogP contribution in [0.4, 0.5) is 5.13 Å². The van der Waals surface area contributed by atoms with Crippen LogP contribution >= 0.6 is 11.3 Å². The molecule has 0 bridgehead atoms. The Kier molecular flexibility index (Phi) is 4.22. The highest BCUT2D eigenvalue weighted by Gasteiger charge is 2.32. The third kappa shape index (κ3) is 3.02. The molecule has 0 saturated carbocycles. The monoisotopic (exact) mass is 268 g/mol. The molecular weight excluding hydrogens is 248 g/mol. The quantitative estimate of drug-likeness (QED) is 0.778. The van der Waals surface area contributed by atoms with Crippen molar-refractivity contribution in [3.63, 3.8) is 0 Å². The third-order valence-electron chi connectivity index (χ3n) is 3.25. The molecule has 0 spiro atoms. The topological polar surface area (TPSA) is 62.2 Å². The number of hydrogen-bond donors (Lipinski definition) is 2. The largest absolute Gasteiger partial charge is 0.481 e. The smallest absolute Gasteiger partial charge is 0.312 e. The van der Waals surface area contributed by atoms with Gasteiger partial charge in [-0.25, -0.2) is 4.98 Å². The maximum atomic E-state index is 11.1. The van der Waals surface area contributed by atoms with E-state index in [2.05, 4.69) is 24.1 Å². The van der Waals surface area contributed by atoms with E-state index in [0.29, 0.717) is 6.42 Å². The van der Waals surface area contributed by atoms with Gasteiger partial charge in [0.05, 0.1) is 5.69 Å². The zero-order chi connectivity index (χ0) is 13.1. The van der Waals surface area contributed by atoms with Crippen molar-refractivity contribution in [2.75, 3.05) is 11.9 Å². The van der Waals surface area contributed by atoms with Gasteiger partial charge in [-0.1, -0.05) is 13.8 Å². The van der Waals surface area contributed by atoms with Crippen molar-refractivity contribution in [3.05, 3.63) is 10.6 Å². The minimum atomic E-state index is -0.745. The highest BCUT2D eigenvalue weighted by atomic mass is 32.1. The Morgan fingerprint density at radius 1 is 1.61 bits per heavy atom. The van der Waals surface area contributed by atoms with E-state index in [1.165, 1.54) is 6.42 Å². The van der Waals surface area contributed by atoms with Gasteiger partial charge in [-0.15, -0.1) is 11.3 Å². The Morgan fingerprint density at radius 2 is 2.39 bits per heavy atom. The summed E-state index contributed by atoms with van der Waals surface area (Å²) in [6.45, 7) is 5.35. The summed E-state index contributed by atoms with van der Waals surface area (Å²) in [5, 5.41) is 13.3. The molecule has 1 heterocycles. The molecule has 1 aliphatic carbocycles. The second-order valence-corrected chi connectivity index (χ2v) is 6.30. The number of nitrogens with zero attached hydrogens (tertiary/aromatic N) is 1. The molecular formula is C13H20N2O2S. The van der Waals surface area contributed by atoms with Gasteiger partial charge in [0, 0.05) is 11.4 Å². The number of aryl methyl sites for hydroxylation is 1. The van der Waals surface area contributed by atoms with Gasteiger partial charge in [0.1, 0.15) is 5.92 Å². The van der Waals surface area contributed by atoms with Gasteiger partial charge in [0.15, 0.2) is 5.13 Å². The van der Waals surface area contributed by atoms with Crippen molar-refractivity contribution in [3.8, 4) is 0 Å². The second-order valence-electron chi connectivity index (χ2n) is 5.22. The Balaban J connectivity index is 1.89. The number of anilines is 1. The summed E-state index contributed by atoms with van der Waals surface area (Å²) in [4.78, 5) is 16.6. The van der Waals surface area contributed by atoms with Crippen LogP contribution in [0.2, 0.25) is 0 Å². The Bertz CT molecular complexity index is 429. The van der Waals surface area contributed by atoms with Crippen molar-refractivity contribution >= 4 is 22.4 Å². The molecule has 1 aliphatic rings. The Morgan fingerprint density at radius 3 is 3.06 bits per heavy atom. The number of aliphatic carboxylic acids is 1. The lowest BCUT2D eigenvalue weighted by Crippen LogP contribution is -2.09. The maximum absolute atomic E-state index is 11.1. The lowest BCUT2D eigenvalue weighted by molar-refractivity contribution is -0.138. The summed E-state index contributed by atoms with van der Waals surface area (Å²) in [5.74, 6) is -0.405. The van der Waals surface area contributed by atoms with Gasteiger partial charge < -0.3 is 10.4 Å². The van der Waals surface area contributed by atoms with Gasteiger partial charge in [-0.3, -0.25) is 4.79 Å². The number of carboxylic acids is 1. The van der Waals surface area contributed by atoms with Crippen LogP contribution in [0.5, 0.6) is 0 Å². The van der Waals surface area contributed by atoms with E-state index in [1.807, 2.05) is 0 Å². The fourth-order valence-electron chi connectivity index (χ4n) is 2.25. The lowest BCUT2D eigenvalue weighted by atomic mass is 10.1. The van der Waals surface area contributed by atoms with Gasteiger partial charge in [0.2, 0.25) is 0 Å². The van der Waals surface area contributed by atoms with E-state index in [9.17, 15) is 4.79 Å². The van der Waals surface area contributed by atoms with Crippen LogP contribution in [0, 0.1) is 5.92 Å². The number of aromatic nitrogens is 1. The van der Waals surface area contributed by atoms with Crippen molar-refractivity contribution in [2.45, 2.75) is 45.4 Å². The molecule has 1 atom stereocenters.